The monoisotopic (exact) mass is 289 g/mol. The molecule has 1 amide bonds. The van der Waals surface area contributed by atoms with Gasteiger partial charge >= 0.3 is 0 Å². The van der Waals surface area contributed by atoms with Crippen LogP contribution >= 0.6 is 0 Å². The van der Waals surface area contributed by atoms with Crippen LogP contribution in [0, 0.1) is 12.3 Å². The molecule has 2 aromatic rings. The Bertz CT molecular complexity index is 859. The van der Waals surface area contributed by atoms with Crippen LogP contribution in [0.1, 0.15) is 31.1 Å². The molecule has 0 aromatic heterocycles. The third kappa shape index (κ3) is 2.09. The maximum atomic E-state index is 12.2. The molecule has 4 heteroatoms. The number of ketones is 2. The van der Waals surface area contributed by atoms with Crippen molar-refractivity contribution in [3.8, 4) is 23.5 Å². The van der Waals surface area contributed by atoms with Crippen LogP contribution in [-0.2, 0) is 0 Å². The van der Waals surface area contributed by atoms with Gasteiger partial charge in [-0.15, -0.1) is 6.42 Å². The van der Waals surface area contributed by atoms with E-state index in [2.05, 4.69) is 11.2 Å². The average Bonchev–Trinajstić information content (AvgIpc) is 2.57. The molecule has 22 heavy (non-hydrogen) atoms. The number of hydrogen-bond donors (Lipinski definition) is 1. The standard InChI is InChI=1S/C18H11NO3/c1-2-9-19-18(22)11-7-8-14-15(10-11)12-5-3-4-6-13(12)16(20)17(14)21/h1,3-8,10H,9H2,(H,19,22). The highest BCUT2D eigenvalue weighted by Crippen LogP contribution is 2.33. The van der Waals surface area contributed by atoms with Gasteiger partial charge < -0.3 is 5.32 Å². The molecule has 0 unspecified atom stereocenters. The molecule has 1 aliphatic carbocycles. The van der Waals surface area contributed by atoms with Crippen molar-refractivity contribution in [3.63, 3.8) is 0 Å². The van der Waals surface area contributed by atoms with Crippen molar-refractivity contribution in [3.05, 3.63) is 59.2 Å². The largest absolute Gasteiger partial charge is 0.341 e. The Balaban J connectivity index is 2.13. The first-order valence-electron chi connectivity index (χ1n) is 6.67. The summed E-state index contributed by atoms with van der Waals surface area (Å²) in [6, 6.07) is 11.5. The fourth-order valence-corrected chi connectivity index (χ4v) is 2.50. The number of hydrogen-bond acceptors (Lipinski definition) is 3. The van der Waals surface area contributed by atoms with Gasteiger partial charge in [-0.2, -0.15) is 0 Å². The minimum atomic E-state index is -0.552. The smallest absolute Gasteiger partial charge is 0.252 e. The highest BCUT2D eigenvalue weighted by atomic mass is 16.2. The maximum Gasteiger partial charge on any atom is 0.252 e. The third-order valence-corrected chi connectivity index (χ3v) is 3.55. The number of nitrogens with one attached hydrogen (secondary N) is 1. The number of rotatable bonds is 2. The normalized spacial score (nSPS) is 12.1. The Kier molecular flexibility index (Phi) is 3.32. The van der Waals surface area contributed by atoms with Gasteiger partial charge in [0, 0.05) is 16.7 Å². The molecule has 3 rings (SSSR count). The van der Waals surface area contributed by atoms with E-state index in [1.54, 1.807) is 30.3 Å². The molecule has 0 atom stereocenters. The highest BCUT2D eigenvalue weighted by Gasteiger charge is 2.30. The second-order valence-electron chi connectivity index (χ2n) is 4.85. The molecule has 0 fully saturated rings. The van der Waals surface area contributed by atoms with Crippen molar-refractivity contribution in [2.75, 3.05) is 6.54 Å². The first kappa shape index (κ1) is 13.8. The van der Waals surface area contributed by atoms with Crippen molar-refractivity contribution in [2.45, 2.75) is 0 Å². The predicted molar refractivity (Wildman–Crippen MR) is 81.7 cm³/mol. The second kappa shape index (κ2) is 5.30. The quantitative estimate of drug-likeness (QED) is 0.680. The number of carbonyl (C=O) groups is 3. The van der Waals surface area contributed by atoms with E-state index in [0.29, 0.717) is 27.8 Å². The summed E-state index contributed by atoms with van der Waals surface area (Å²) in [4.78, 5) is 36.2. The van der Waals surface area contributed by atoms with Gasteiger partial charge in [0.1, 0.15) is 0 Å². The number of fused-ring (bicyclic) bond motifs is 3. The Hall–Kier alpha value is -3.19. The average molecular weight is 289 g/mol. The van der Waals surface area contributed by atoms with E-state index in [1.807, 2.05) is 0 Å². The number of benzene rings is 2. The van der Waals surface area contributed by atoms with E-state index in [1.165, 1.54) is 12.1 Å². The van der Waals surface area contributed by atoms with Gasteiger partial charge in [-0.25, -0.2) is 0 Å². The molecule has 0 saturated heterocycles. The fraction of sp³-hybridized carbons (Fsp3) is 0.0556. The van der Waals surface area contributed by atoms with Gasteiger partial charge in [0.25, 0.3) is 5.91 Å². The third-order valence-electron chi connectivity index (χ3n) is 3.55. The lowest BCUT2D eigenvalue weighted by atomic mass is 9.83. The molecule has 0 bridgehead atoms. The van der Waals surface area contributed by atoms with Crippen LogP contribution in [0.2, 0.25) is 0 Å². The SMILES string of the molecule is C#CCNC(=O)c1ccc2c(c1)-c1ccccc1C(=O)C2=O. The fourth-order valence-electron chi connectivity index (χ4n) is 2.50. The summed E-state index contributed by atoms with van der Waals surface area (Å²) in [5, 5.41) is 2.57. The first-order valence-corrected chi connectivity index (χ1v) is 6.67. The van der Waals surface area contributed by atoms with Crippen molar-refractivity contribution >= 4 is 17.5 Å². The zero-order valence-corrected chi connectivity index (χ0v) is 11.6. The lowest BCUT2D eigenvalue weighted by Crippen LogP contribution is -2.25. The minimum Gasteiger partial charge on any atom is -0.341 e. The molecule has 1 aliphatic rings. The van der Waals surface area contributed by atoms with E-state index in [0.717, 1.165) is 0 Å². The molecule has 2 aromatic carbocycles. The number of Topliss-reactive ketones (excluding diaryl/α,β-unsaturated/α-hetero) is 2. The van der Waals surface area contributed by atoms with E-state index >= 15 is 0 Å². The van der Waals surface area contributed by atoms with Gasteiger partial charge in [0.15, 0.2) is 0 Å². The molecule has 0 heterocycles. The maximum absolute atomic E-state index is 12.2. The van der Waals surface area contributed by atoms with Crippen molar-refractivity contribution in [1.82, 2.24) is 5.32 Å². The van der Waals surface area contributed by atoms with Crippen LogP contribution in [0.3, 0.4) is 0 Å². The summed E-state index contributed by atoms with van der Waals surface area (Å²) in [7, 11) is 0. The van der Waals surface area contributed by atoms with Gasteiger partial charge in [-0.3, -0.25) is 14.4 Å². The highest BCUT2D eigenvalue weighted by molar-refractivity contribution is 6.53. The van der Waals surface area contributed by atoms with Crippen molar-refractivity contribution in [1.29, 1.82) is 0 Å². The van der Waals surface area contributed by atoms with Crippen molar-refractivity contribution < 1.29 is 14.4 Å². The minimum absolute atomic E-state index is 0.129. The topological polar surface area (TPSA) is 63.2 Å². The lowest BCUT2D eigenvalue weighted by Gasteiger charge is -2.18. The van der Waals surface area contributed by atoms with Crippen molar-refractivity contribution in [2.24, 2.45) is 0 Å². The number of carbonyl (C=O) groups excluding carboxylic acids is 3. The predicted octanol–water partition coefficient (Wildman–Crippen LogP) is 2.10. The van der Waals surface area contributed by atoms with E-state index < -0.39 is 11.6 Å². The molecular formula is C18H11NO3. The molecule has 0 radical (unpaired) electrons. The van der Waals surface area contributed by atoms with Crippen LogP contribution in [0.4, 0.5) is 0 Å². The van der Waals surface area contributed by atoms with E-state index in [-0.39, 0.29) is 12.5 Å². The summed E-state index contributed by atoms with van der Waals surface area (Å²) in [6.45, 7) is 0.129. The summed E-state index contributed by atoms with van der Waals surface area (Å²) in [6.07, 6.45) is 5.12. The Morgan fingerprint density at radius 3 is 2.27 bits per heavy atom. The summed E-state index contributed by atoms with van der Waals surface area (Å²) < 4.78 is 0. The molecule has 0 spiro atoms. The zero-order valence-electron chi connectivity index (χ0n) is 11.6. The Morgan fingerprint density at radius 2 is 1.59 bits per heavy atom. The second-order valence-corrected chi connectivity index (χ2v) is 4.85. The first-order chi connectivity index (χ1) is 10.6. The Labute approximate surface area is 127 Å². The van der Waals surface area contributed by atoms with Gasteiger partial charge in [0.2, 0.25) is 11.6 Å². The summed E-state index contributed by atoms with van der Waals surface area (Å²) in [5.41, 5.74) is 2.33. The molecule has 4 nitrogen and oxygen atoms in total. The zero-order chi connectivity index (χ0) is 15.7. The molecule has 106 valence electrons. The van der Waals surface area contributed by atoms with Crippen LogP contribution in [-0.4, -0.2) is 24.0 Å². The number of amides is 1. The Morgan fingerprint density at radius 1 is 0.955 bits per heavy atom. The molecule has 1 N–H and O–H groups in total. The van der Waals surface area contributed by atoms with Gasteiger partial charge in [0.05, 0.1) is 6.54 Å². The summed E-state index contributed by atoms with van der Waals surface area (Å²) in [5.74, 6) is 0.939. The van der Waals surface area contributed by atoms with Crippen LogP contribution in [0.25, 0.3) is 11.1 Å². The van der Waals surface area contributed by atoms with Crippen LogP contribution < -0.4 is 5.32 Å². The van der Waals surface area contributed by atoms with E-state index in [9.17, 15) is 14.4 Å². The molecular weight excluding hydrogens is 278 g/mol. The van der Waals surface area contributed by atoms with Crippen LogP contribution in [0.5, 0.6) is 0 Å². The number of terminal acetylenes is 1. The van der Waals surface area contributed by atoms with Gasteiger partial charge in [-0.1, -0.05) is 30.2 Å². The summed E-state index contributed by atoms with van der Waals surface area (Å²) >= 11 is 0. The molecule has 0 saturated carbocycles. The molecule has 0 aliphatic heterocycles. The lowest BCUT2D eigenvalue weighted by molar-refractivity contribution is 0.0815. The van der Waals surface area contributed by atoms with Gasteiger partial charge in [-0.05, 0) is 29.3 Å². The van der Waals surface area contributed by atoms with E-state index in [4.69, 9.17) is 6.42 Å². The van der Waals surface area contributed by atoms with Crippen LogP contribution in [0.15, 0.2) is 42.5 Å².